The SMILES string of the molecule is C[C@](O)(CNC(=O)C(=O)Nc1ccc(F)c(Cl)c1)Cc1ccco1. The van der Waals surface area contributed by atoms with Gasteiger partial charge in [0.1, 0.15) is 11.6 Å². The largest absolute Gasteiger partial charge is 0.469 e. The molecule has 128 valence electrons. The molecule has 1 atom stereocenters. The molecule has 0 aliphatic rings. The maximum atomic E-state index is 13.0. The Bertz CT molecular complexity index is 732. The Labute approximate surface area is 142 Å². The van der Waals surface area contributed by atoms with Crippen molar-refractivity contribution < 1.29 is 23.5 Å². The maximum Gasteiger partial charge on any atom is 0.313 e. The first-order chi connectivity index (χ1) is 11.3. The highest BCUT2D eigenvalue weighted by Crippen LogP contribution is 2.19. The number of carbonyl (C=O) groups excluding carboxylic acids is 2. The molecular weight excluding hydrogens is 339 g/mol. The first-order valence-corrected chi connectivity index (χ1v) is 7.44. The number of nitrogens with one attached hydrogen (secondary N) is 2. The minimum absolute atomic E-state index is 0.149. The number of halogens is 2. The van der Waals surface area contributed by atoms with Crippen LogP contribution in [0.1, 0.15) is 12.7 Å². The van der Waals surface area contributed by atoms with Crippen molar-refractivity contribution in [2.75, 3.05) is 11.9 Å². The third-order valence-corrected chi connectivity index (χ3v) is 3.44. The molecule has 1 aromatic carbocycles. The van der Waals surface area contributed by atoms with Gasteiger partial charge in [0.2, 0.25) is 0 Å². The molecule has 0 bridgehead atoms. The summed E-state index contributed by atoms with van der Waals surface area (Å²) < 4.78 is 18.2. The molecule has 0 unspecified atom stereocenters. The van der Waals surface area contributed by atoms with Crippen LogP contribution in [0.4, 0.5) is 10.1 Å². The molecule has 2 aromatic rings. The van der Waals surface area contributed by atoms with Gasteiger partial charge in [0.05, 0.1) is 16.9 Å². The minimum atomic E-state index is -1.28. The summed E-state index contributed by atoms with van der Waals surface area (Å²) in [5.41, 5.74) is -1.10. The van der Waals surface area contributed by atoms with Crippen LogP contribution in [0, 0.1) is 5.82 Å². The fourth-order valence-corrected chi connectivity index (χ4v) is 2.14. The van der Waals surface area contributed by atoms with E-state index in [1.165, 1.54) is 25.3 Å². The fraction of sp³-hybridized carbons (Fsp3) is 0.250. The van der Waals surface area contributed by atoms with Crippen LogP contribution in [0.3, 0.4) is 0 Å². The molecule has 24 heavy (non-hydrogen) atoms. The number of carbonyl (C=O) groups is 2. The number of amides is 2. The van der Waals surface area contributed by atoms with Crippen LogP contribution in [-0.4, -0.2) is 29.1 Å². The third kappa shape index (κ3) is 5.07. The molecule has 0 saturated carbocycles. The topological polar surface area (TPSA) is 91.6 Å². The monoisotopic (exact) mass is 354 g/mol. The first-order valence-electron chi connectivity index (χ1n) is 7.06. The molecule has 8 heteroatoms. The van der Waals surface area contributed by atoms with Crippen LogP contribution < -0.4 is 10.6 Å². The van der Waals surface area contributed by atoms with Crippen molar-refractivity contribution in [3.8, 4) is 0 Å². The van der Waals surface area contributed by atoms with Crippen molar-refractivity contribution >= 4 is 29.1 Å². The Hall–Kier alpha value is -2.38. The maximum absolute atomic E-state index is 13.0. The Morgan fingerprint density at radius 3 is 2.71 bits per heavy atom. The number of furan rings is 1. The minimum Gasteiger partial charge on any atom is -0.469 e. The van der Waals surface area contributed by atoms with Gasteiger partial charge in [-0.05, 0) is 37.3 Å². The molecule has 3 N–H and O–H groups in total. The molecule has 2 rings (SSSR count). The van der Waals surface area contributed by atoms with Gasteiger partial charge in [-0.25, -0.2) is 4.39 Å². The van der Waals surface area contributed by atoms with E-state index in [2.05, 4.69) is 10.6 Å². The number of hydrogen-bond donors (Lipinski definition) is 3. The Morgan fingerprint density at radius 2 is 2.08 bits per heavy atom. The number of anilines is 1. The van der Waals surface area contributed by atoms with Crippen molar-refractivity contribution in [3.63, 3.8) is 0 Å². The zero-order chi connectivity index (χ0) is 17.7. The van der Waals surface area contributed by atoms with Gasteiger partial charge in [0.25, 0.3) is 0 Å². The van der Waals surface area contributed by atoms with Crippen LogP contribution in [0.25, 0.3) is 0 Å². The van der Waals surface area contributed by atoms with E-state index in [0.717, 1.165) is 6.07 Å². The van der Waals surface area contributed by atoms with Gasteiger partial charge in [0.15, 0.2) is 0 Å². The van der Waals surface area contributed by atoms with E-state index >= 15 is 0 Å². The van der Waals surface area contributed by atoms with Gasteiger partial charge < -0.3 is 20.2 Å². The molecule has 0 spiro atoms. The summed E-state index contributed by atoms with van der Waals surface area (Å²) >= 11 is 5.60. The normalized spacial score (nSPS) is 13.2. The third-order valence-electron chi connectivity index (χ3n) is 3.15. The summed E-state index contributed by atoms with van der Waals surface area (Å²) in [7, 11) is 0. The highest BCUT2D eigenvalue weighted by Gasteiger charge is 2.25. The summed E-state index contributed by atoms with van der Waals surface area (Å²) in [6, 6.07) is 6.92. The van der Waals surface area contributed by atoms with Crippen molar-refractivity contribution in [1.82, 2.24) is 5.32 Å². The van der Waals surface area contributed by atoms with Gasteiger partial charge in [-0.2, -0.15) is 0 Å². The molecule has 6 nitrogen and oxygen atoms in total. The second-order valence-electron chi connectivity index (χ2n) is 5.52. The lowest BCUT2D eigenvalue weighted by molar-refractivity contribution is -0.136. The molecule has 0 radical (unpaired) electrons. The van der Waals surface area contributed by atoms with E-state index in [9.17, 15) is 19.1 Å². The van der Waals surface area contributed by atoms with E-state index in [0.29, 0.717) is 5.76 Å². The van der Waals surface area contributed by atoms with Gasteiger partial charge in [0, 0.05) is 18.7 Å². The molecule has 0 saturated heterocycles. The summed E-state index contributed by atoms with van der Waals surface area (Å²) in [5.74, 6) is -1.96. The quantitative estimate of drug-likeness (QED) is 0.717. The summed E-state index contributed by atoms with van der Waals surface area (Å²) in [5, 5.41) is 14.7. The molecule has 1 heterocycles. The Balaban J connectivity index is 1.87. The van der Waals surface area contributed by atoms with Crippen LogP contribution >= 0.6 is 11.6 Å². The standard InChI is InChI=1S/C16H16ClFN2O4/c1-16(23,8-11-3-2-6-24-11)9-19-14(21)15(22)20-10-4-5-13(18)12(17)7-10/h2-7,23H,8-9H2,1H3,(H,19,21)(H,20,22)/t16-/m1/s1. The lowest BCUT2D eigenvalue weighted by Crippen LogP contribution is -2.45. The molecular formula is C16H16ClFN2O4. The van der Waals surface area contributed by atoms with E-state index in [1.54, 1.807) is 12.1 Å². The van der Waals surface area contributed by atoms with Gasteiger partial charge in [-0.3, -0.25) is 9.59 Å². The van der Waals surface area contributed by atoms with Crippen molar-refractivity contribution in [3.05, 3.63) is 53.2 Å². The summed E-state index contributed by atoms with van der Waals surface area (Å²) in [6.07, 6.45) is 1.65. The fourth-order valence-electron chi connectivity index (χ4n) is 1.96. The van der Waals surface area contributed by atoms with Crippen molar-refractivity contribution in [2.45, 2.75) is 18.9 Å². The lowest BCUT2D eigenvalue weighted by Gasteiger charge is -2.22. The number of rotatable bonds is 5. The zero-order valence-corrected chi connectivity index (χ0v) is 13.6. The summed E-state index contributed by atoms with van der Waals surface area (Å²) in [6.45, 7) is 1.36. The van der Waals surface area contributed by atoms with Crippen molar-refractivity contribution in [1.29, 1.82) is 0 Å². The van der Waals surface area contributed by atoms with Crippen LogP contribution in [0.2, 0.25) is 5.02 Å². The predicted octanol–water partition coefficient (Wildman–Crippen LogP) is 2.12. The average Bonchev–Trinajstić information content (AvgIpc) is 3.00. The van der Waals surface area contributed by atoms with E-state index < -0.39 is 23.2 Å². The van der Waals surface area contributed by atoms with Crippen LogP contribution in [0.15, 0.2) is 41.0 Å². The number of hydrogen-bond acceptors (Lipinski definition) is 4. The smallest absolute Gasteiger partial charge is 0.313 e. The lowest BCUT2D eigenvalue weighted by atomic mass is 10.0. The van der Waals surface area contributed by atoms with E-state index in [-0.39, 0.29) is 23.7 Å². The molecule has 0 aliphatic heterocycles. The predicted molar refractivity (Wildman–Crippen MR) is 86.1 cm³/mol. The van der Waals surface area contributed by atoms with Crippen LogP contribution in [0.5, 0.6) is 0 Å². The molecule has 1 aromatic heterocycles. The van der Waals surface area contributed by atoms with E-state index in [1.807, 2.05) is 0 Å². The van der Waals surface area contributed by atoms with E-state index in [4.69, 9.17) is 16.0 Å². The van der Waals surface area contributed by atoms with Gasteiger partial charge in [-0.15, -0.1) is 0 Å². The second kappa shape index (κ2) is 7.46. The number of benzene rings is 1. The second-order valence-corrected chi connectivity index (χ2v) is 5.93. The Kier molecular flexibility index (Phi) is 5.58. The highest BCUT2D eigenvalue weighted by molar-refractivity contribution is 6.39. The molecule has 0 fully saturated rings. The average molecular weight is 355 g/mol. The molecule has 0 aliphatic carbocycles. The zero-order valence-electron chi connectivity index (χ0n) is 12.8. The van der Waals surface area contributed by atoms with Gasteiger partial charge >= 0.3 is 11.8 Å². The highest BCUT2D eigenvalue weighted by atomic mass is 35.5. The summed E-state index contributed by atoms with van der Waals surface area (Å²) in [4.78, 5) is 23.6. The molecule has 2 amide bonds. The number of aliphatic hydroxyl groups is 1. The van der Waals surface area contributed by atoms with Gasteiger partial charge in [-0.1, -0.05) is 11.6 Å². The first kappa shape index (κ1) is 18.0. The van der Waals surface area contributed by atoms with Crippen molar-refractivity contribution in [2.24, 2.45) is 0 Å². The Morgan fingerprint density at radius 1 is 1.33 bits per heavy atom. The van der Waals surface area contributed by atoms with Crippen LogP contribution in [-0.2, 0) is 16.0 Å².